The van der Waals surface area contributed by atoms with E-state index >= 15 is 0 Å². The molecule has 1 aromatic rings. The zero-order valence-corrected chi connectivity index (χ0v) is 11.2. The molecule has 1 rings (SSSR count). The van der Waals surface area contributed by atoms with Crippen molar-refractivity contribution in [2.24, 2.45) is 0 Å². The first-order valence-electron chi connectivity index (χ1n) is 5.77. The molecule has 0 saturated heterocycles. The van der Waals surface area contributed by atoms with E-state index in [0.29, 0.717) is 5.75 Å². The van der Waals surface area contributed by atoms with Crippen LogP contribution in [0.1, 0.15) is 19.4 Å². The molecule has 98 valence electrons. The molecule has 4 nitrogen and oxygen atoms in total. The van der Waals surface area contributed by atoms with E-state index in [-0.39, 0.29) is 11.9 Å². The number of hydrogen-bond donors (Lipinski definition) is 1. The Morgan fingerprint density at radius 3 is 2.56 bits per heavy atom. The Balaban J connectivity index is 2.87. The maximum absolute atomic E-state index is 11.5. The van der Waals surface area contributed by atoms with Crippen molar-refractivity contribution < 1.29 is 14.3 Å². The molecule has 18 heavy (non-hydrogen) atoms. The second-order valence-corrected chi connectivity index (χ2v) is 4.10. The summed E-state index contributed by atoms with van der Waals surface area (Å²) in [6.45, 7) is 3.83. The van der Waals surface area contributed by atoms with Gasteiger partial charge in [0.15, 0.2) is 0 Å². The first-order chi connectivity index (χ1) is 8.56. The molecular formula is C14H19NO3. The summed E-state index contributed by atoms with van der Waals surface area (Å²) in [6.07, 6.45) is 3.19. The van der Waals surface area contributed by atoms with Crippen LogP contribution in [0.3, 0.4) is 0 Å². The van der Waals surface area contributed by atoms with Gasteiger partial charge in [-0.3, -0.25) is 4.79 Å². The van der Waals surface area contributed by atoms with Crippen LogP contribution in [-0.4, -0.2) is 26.2 Å². The average molecular weight is 249 g/mol. The summed E-state index contributed by atoms with van der Waals surface area (Å²) >= 11 is 0. The molecule has 0 aliphatic rings. The Bertz CT molecular complexity index is 439. The van der Waals surface area contributed by atoms with Gasteiger partial charge in [-0.1, -0.05) is 0 Å². The van der Waals surface area contributed by atoms with Crippen LogP contribution in [0.25, 0.3) is 6.08 Å². The number of hydrogen-bond acceptors (Lipinski definition) is 3. The van der Waals surface area contributed by atoms with Crippen molar-refractivity contribution in [3.63, 3.8) is 0 Å². The molecule has 0 atom stereocenters. The molecule has 0 aliphatic heterocycles. The second kappa shape index (κ2) is 6.69. The zero-order chi connectivity index (χ0) is 13.5. The molecule has 0 aromatic heterocycles. The smallest absolute Gasteiger partial charge is 0.244 e. The van der Waals surface area contributed by atoms with E-state index in [1.807, 2.05) is 26.0 Å². The van der Waals surface area contributed by atoms with Gasteiger partial charge in [-0.2, -0.15) is 0 Å². The maximum atomic E-state index is 11.5. The van der Waals surface area contributed by atoms with Crippen LogP contribution in [0.2, 0.25) is 0 Å². The van der Waals surface area contributed by atoms with Crippen molar-refractivity contribution in [1.82, 2.24) is 5.32 Å². The lowest BCUT2D eigenvalue weighted by Crippen LogP contribution is -2.28. The standard InChI is InChI=1S/C14H19NO3/c1-10(2)15-14(16)8-5-11-9-12(17-3)6-7-13(11)18-4/h5-10H,1-4H3,(H,15,16)/b8-5+. The lowest BCUT2D eigenvalue weighted by molar-refractivity contribution is -0.116. The third-order valence-electron chi connectivity index (χ3n) is 2.28. The van der Waals surface area contributed by atoms with Crippen LogP contribution >= 0.6 is 0 Å². The summed E-state index contributed by atoms with van der Waals surface area (Å²) in [4.78, 5) is 11.5. The van der Waals surface area contributed by atoms with Gasteiger partial charge in [0.2, 0.25) is 5.91 Å². The number of amides is 1. The molecule has 4 heteroatoms. The molecular weight excluding hydrogens is 230 g/mol. The quantitative estimate of drug-likeness (QED) is 0.814. The largest absolute Gasteiger partial charge is 0.497 e. The van der Waals surface area contributed by atoms with E-state index in [0.717, 1.165) is 11.3 Å². The molecule has 1 amide bonds. The van der Waals surface area contributed by atoms with Gasteiger partial charge in [-0.15, -0.1) is 0 Å². The molecule has 0 aliphatic carbocycles. The zero-order valence-electron chi connectivity index (χ0n) is 11.2. The van der Waals surface area contributed by atoms with Gasteiger partial charge in [-0.25, -0.2) is 0 Å². The van der Waals surface area contributed by atoms with E-state index in [1.54, 1.807) is 26.4 Å². The van der Waals surface area contributed by atoms with Crippen molar-refractivity contribution in [2.75, 3.05) is 14.2 Å². The number of carbonyl (C=O) groups excluding carboxylic acids is 1. The molecule has 0 saturated carbocycles. The summed E-state index contributed by atoms with van der Waals surface area (Å²) in [7, 11) is 3.19. The Morgan fingerprint density at radius 2 is 2.00 bits per heavy atom. The van der Waals surface area contributed by atoms with E-state index < -0.39 is 0 Å². The minimum atomic E-state index is -0.130. The van der Waals surface area contributed by atoms with Gasteiger partial charge in [0.05, 0.1) is 14.2 Å². The molecule has 1 aromatic carbocycles. The van der Waals surface area contributed by atoms with Crippen molar-refractivity contribution in [2.45, 2.75) is 19.9 Å². The van der Waals surface area contributed by atoms with Crippen LogP contribution in [0, 0.1) is 0 Å². The monoisotopic (exact) mass is 249 g/mol. The Labute approximate surface area is 108 Å². The number of rotatable bonds is 5. The van der Waals surface area contributed by atoms with Gasteiger partial charge < -0.3 is 14.8 Å². The SMILES string of the molecule is COc1ccc(OC)c(/C=C/C(=O)NC(C)C)c1. The van der Waals surface area contributed by atoms with Crippen LogP contribution in [0.5, 0.6) is 11.5 Å². The Hall–Kier alpha value is -1.97. The fraction of sp³-hybridized carbons (Fsp3) is 0.357. The fourth-order valence-electron chi connectivity index (χ4n) is 1.47. The van der Waals surface area contributed by atoms with E-state index in [4.69, 9.17) is 9.47 Å². The normalized spacial score (nSPS) is 10.7. The number of benzene rings is 1. The molecule has 0 spiro atoms. The van der Waals surface area contributed by atoms with Gasteiger partial charge >= 0.3 is 0 Å². The highest BCUT2D eigenvalue weighted by Gasteiger charge is 2.03. The predicted octanol–water partition coefficient (Wildman–Crippen LogP) is 2.24. The van der Waals surface area contributed by atoms with Crippen molar-refractivity contribution in [3.05, 3.63) is 29.8 Å². The topological polar surface area (TPSA) is 47.6 Å². The predicted molar refractivity (Wildman–Crippen MR) is 71.9 cm³/mol. The average Bonchev–Trinajstić information content (AvgIpc) is 2.35. The minimum Gasteiger partial charge on any atom is -0.497 e. The van der Waals surface area contributed by atoms with Gasteiger partial charge in [0.1, 0.15) is 11.5 Å². The van der Waals surface area contributed by atoms with Crippen LogP contribution in [0.4, 0.5) is 0 Å². The Kier molecular flexibility index (Phi) is 5.24. The summed E-state index contributed by atoms with van der Waals surface area (Å²) in [6, 6.07) is 5.55. The third kappa shape index (κ3) is 4.13. The van der Waals surface area contributed by atoms with Crippen molar-refractivity contribution in [3.8, 4) is 11.5 Å². The van der Waals surface area contributed by atoms with Crippen LogP contribution < -0.4 is 14.8 Å². The lowest BCUT2D eigenvalue weighted by atomic mass is 10.1. The minimum absolute atomic E-state index is 0.120. The molecule has 1 N–H and O–H groups in total. The van der Waals surface area contributed by atoms with Gasteiger partial charge in [-0.05, 0) is 38.1 Å². The first kappa shape index (κ1) is 14.1. The third-order valence-corrected chi connectivity index (χ3v) is 2.28. The molecule has 0 bridgehead atoms. The lowest BCUT2D eigenvalue weighted by Gasteiger charge is -2.07. The number of ether oxygens (including phenoxy) is 2. The van der Waals surface area contributed by atoms with E-state index in [9.17, 15) is 4.79 Å². The van der Waals surface area contributed by atoms with Crippen LogP contribution in [-0.2, 0) is 4.79 Å². The molecule has 0 heterocycles. The maximum Gasteiger partial charge on any atom is 0.244 e. The molecule has 0 fully saturated rings. The highest BCUT2D eigenvalue weighted by molar-refractivity contribution is 5.92. The number of carbonyl (C=O) groups is 1. The van der Waals surface area contributed by atoms with Crippen LogP contribution in [0.15, 0.2) is 24.3 Å². The highest BCUT2D eigenvalue weighted by atomic mass is 16.5. The fourth-order valence-corrected chi connectivity index (χ4v) is 1.47. The summed E-state index contributed by atoms with van der Waals surface area (Å²) in [5.41, 5.74) is 0.802. The van der Waals surface area contributed by atoms with Gasteiger partial charge in [0.25, 0.3) is 0 Å². The summed E-state index contributed by atoms with van der Waals surface area (Å²) in [5, 5.41) is 2.78. The number of nitrogens with one attached hydrogen (secondary N) is 1. The van der Waals surface area contributed by atoms with Crippen molar-refractivity contribution >= 4 is 12.0 Å². The van der Waals surface area contributed by atoms with E-state index in [2.05, 4.69) is 5.32 Å². The molecule has 0 unspecified atom stereocenters. The van der Waals surface area contributed by atoms with Crippen molar-refractivity contribution in [1.29, 1.82) is 0 Å². The first-order valence-corrected chi connectivity index (χ1v) is 5.77. The highest BCUT2D eigenvalue weighted by Crippen LogP contribution is 2.24. The number of methoxy groups -OCH3 is 2. The van der Waals surface area contributed by atoms with Gasteiger partial charge in [0, 0.05) is 17.7 Å². The summed E-state index contributed by atoms with van der Waals surface area (Å²) in [5.74, 6) is 1.29. The second-order valence-electron chi connectivity index (χ2n) is 4.10. The molecule has 0 radical (unpaired) electrons. The van der Waals surface area contributed by atoms with E-state index in [1.165, 1.54) is 6.08 Å². The summed E-state index contributed by atoms with van der Waals surface area (Å²) < 4.78 is 10.4. The Morgan fingerprint density at radius 1 is 1.28 bits per heavy atom.